The molecule has 34 heavy (non-hydrogen) atoms. The smallest absolute Gasteiger partial charge is 0.414 e. The first-order chi connectivity index (χ1) is 16.4. The lowest BCUT2D eigenvalue weighted by Gasteiger charge is -2.54. The van der Waals surface area contributed by atoms with Crippen LogP contribution in [0.5, 0.6) is 0 Å². The summed E-state index contributed by atoms with van der Waals surface area (Å²) in [5.74, 6) is -1.68. The van der Waals surface area contributed by atoms with Gasteiger partial charge in [-0.15, -0.1) is 0 Å². The van der Waals surface area contributed by atoms with Crippen LogP contribution in [0.1, 0.15) is 55.7 Å². The van der Waals surface area contributed by atoms with Crippen LogP contribution in [-0.4, -0.2) is 40.1 Å². The van der Waals surface area contributed by atoms with Crippen molar-refractivity contribution in [2.75, 3.05) is 4.90 Å². The van der Waals surface area contributed by atoms with E-state index in [2.05, 4.69) is 0 Å². The second-order valence-electron chi connectivity index (χ2n) is 9.29. The Morgan fingerprint density at radius 3 is 2.44 bits per heavy atom. The number of halogens is 1. The molecule has 178 valence electrons. The number of benzene rings is 2. The molecule has 2 aliphatic carbocycles. The molecule has 5 rings (SSSR count). The fourth-order valence-electron chi connectivity index (χ4n) is 5.24. The van der Waals surface area contributed by atoms with E-state index in [1.54, 1.807) is 11.0 Å². The number of hydrogen-bond acceptors (Lipinski definition) is 4. The lowest BCUT2D eigenvalue weighted by atomic mass is 9.68. The van der Waals surface area contributed by atoms with Gasteiger partial charge in [0.2, 0.25) is 5.91 Å². The van der Waals surface area contributed by atoms with Gasteiger partial charge in [0.05, 0.1) is 18.2 Å². The molecule has 7 nitrogen and oxygen atoms in total. The molecule has 2 aromatic carbocycles. The van der Waals surface area contributed by atoms with Crippen molar-refractivity contribution in [3.8, 4) is 0 Å². The van der Waals surface area contributed by atoms with Crippen LogP contribution in [0.25, 0.3) is 0 Å². The largest absolute Gasteiger partial charge is 0.481 e. The molecule has 3 atom stereocenters. The van der Waals surface area contributed by atoms with Gasteiger partial charge < -0.3 is 14.7 Å². The lowest BCUT2D eigenvalue weighted by molar-refractivity contribution is -0.143. The molecule has 2 aromatic rings. The minimum absolute atomic E-state index is 0.00313. The molecular weight excluding hydrogens is 439 g/mol. The number of nitrogens with zero attached hydrogens (tertiary/aromatic N) is 2. The number of rotatable bonds is 7. The SMILES string of the molecule is O=C(O)CCC(=O)N(C1CC1)[C@H]1c2ccc(F)cc2N(C(=O)OCc2ccccc2)[C@H]2CC[C@H]21. The number of hydrogen-bond donors (Lipinski definition) is 1. The van der Waals surface area contributed by atoms with E-state index in [1.165, 1.54) is 12.1 Å². The average Bonchev–Trinajstić information content (AvgIpc) is 3.63. The predicted molar refractivity (Wildman–Crippen MR) is 121 cm³/mol. The van der Waals surface area contributed by atoms with E-state index in [9.17, 15) is 18.8 Å². The Balaban J connectivity index is 1.45. The summed E-state index contributed by atoms with van der Waals surface area (Å²) in [4.78, 5) is 40.8. The number of aliphatic carboxylic acids is 1. The van der Waals surface area contributed by atoms with E-state index in [4.69, 9.17) is 9.84 Å². The number of carbonyl (C=O) groups is 3. The van der Waals surface area contributed by atoms with Gasteiger partial charge in [0, 0.05) is 24.4 Å². The minimum atomic E-state index is -1.01. The molecule has 8 heteroatoms. The topological polar surface area (TPSA) is 87.2 Å². The number of anilines is 1. The minimum Gasteiger partial charge on any atom is -0.481 e. The highest BCUT2D eigenvalue weighted by molar-refractivity contribution is 5.91. The summed E-state index contributed by atoms with van der Waals surface area (Å²) in [6, 6.07) is 13.3. The van der Waals surface area contributed by atoms with Crippen molar-refractivity contribution in [3.63, 3.8) is 0 Å². The Morgan fingerprint density at radius 2 is 1.79 bits per heavy atom. The molecule has 0 spiro atoms. The highest BCUT2D eigenvalue weighted by Crippen LogP contribution is 2.54. The van der Waals surface area contributed by atoms with Crippen LogP contribution >= 0.6 is 0 Å². The van der Waals surface area contributed by atoms with Crippen molar-refractivity contribution in [3.05, 3.63) is 65.5 Å². The van der Waals surface area contributed by atoms with Crippen molar-refractivity contribution >= 4 is 23.7 Å². The summed E-state index contributed by atoms with van der Waals surface area (Å²) >= 11 is 0. The molecule has 1 aliphatic heterocycles. The van der Waals surface area contributed by atoms with E-state index in [0.717, 1.165) is 36.8 Å². The van der Waals surface area contributed by atoms with Gasteiger partial charge in [-0.3, -0.25) is 14.5 Å². The quantitative estimate of drug-likeness (QED) is 0.642. The van der Waals surface area contributed by atoms with Crippen LogP contribution in [0.3, 0.4) is 0 Å². The second kappa shape index (κ2) is 9.08. The molecule has 1 N–H and O–H groups in total. The molecule has 2 amide bonds. The van der Waals surface area contributed by atoms with Gasteiger partial charge in [-0.05, 0) is 48.9 Å². The van der Waals surface area contributed by atoms with Gasteiger partial charge in [0.25, 0.3) is 0 Å². The standard InChI is InChI=1S/C26H27FN2O5/c27-17-6-9-20-22(14-17)29(26(33)34-15-16-4-2-1-3-5-16)21-11-10-19(21)25(20)28(18-7-8-18)23(30)12-13-24(31)32/h1-6,9,14,18-19,21,25H,7-8,10-13,15H2,(H,31,32)/t19-,21+,25-/m1/s1. The molecule has 0 saturated heterocycles. The van der Waals surface area contributed by atoms with E-state index in [0.29, 0.717) is 5.69 Å². The zero-order valence-corrected chi connectivity index (χ0v) is 18.7. The van der Waals surface area contributed by atoms with E-state index in [1.807, 2.05) is 35.2 Å². The van der Waals surface area contributed by atoms with E-state index >= 15 is 0 Å². The molecule has 2 fully saturated rings. The van der Waals surface area contributed by atoms with Crippen molar-refractivity contribution < 1.29 is 28.6 Å². The second-order valence-corrected chi connectivity index (χ2v) is 9.29. The van der Waals surface area contributed by atoms with Gasteiger partial charge in [-0.1, -0.05) is 36.4 Å². The van der Waals surface area contributed by atoms with Crippen LogP contribution in [0.4, 0.5) is 14.9 Å². The first-order valence-corrected chi connectivity index (χ1v) is 11.8. The summed E-state index contributed by atoms with van der Waals surface area (Å²) in [6.07, 6.45) is 2.47. The van der Waals surface area contributed by atoms with Crippen LogP contribution in [-0.2, 0) is 20.9 Å². The Kier molecular flexibility index (Phi) is 5.98. The number of fused-ring (bicyclic) bond motifs is 2. The lowest BCUT2D eigenvalue weighted by Crippen LogP contribution is -2.59. The molecule has 2 saturated carbocycles. The third kappa shape index (κ3) is 4.24. The molecule has 3 aliphatic rings. The van der Waals surface area contributed by atoms with Crippen molar-refractivity contribution in [1.29, 1.82) is 0 Å². The summed E-state index contributed by atoms with van der Waals surface area (Å²) in [5, 5.41) is 9.06. The van der Waals surface area contributed by atoms with E-state index < -0.39 is 17.9 Å². The molecule has 0 radical (unpaired) electrons. The number of amides is 2. The van der Waals surface area contributed by atoms with Crippen LogP contribution < -0.4 is 4.90 Å². The zero-order chi connectivity index (χ0) is 23.8. The Hall–Kier alpha value is -3.42. The number of carbonyl (C=O) groups excluding carboxylic acids is 2. The number of ether oxygens (including phenoxy) is 1. The Labute approximate surface area is 197 Å². The molecule has 0 unspecified atom stereocenters. The fraction of sp³-hybridized carbons (Fsp3) is 0.423. The summed E-state index contributed by atoms with van der Waals surface area (Å²) in [5.41, 5.74) is 2.01. The third-order valence-electron chi connectivity index (χ3n) is 7.08. The van der Waals surface area contributed by atoms with E-state index in [-0.39, 0.29) is 49.4 Å². The van der Waals surface area contributed by atoms with Crippen molar-refractivity contribution in [1.82, 2.24) is 4.90 Å². The van der Waals surface area contributed by atoms with Crippen molar-refractivity contribution in [2.24, 2.45) is 5.92 Å². The summed E-state index contributed by atoms with van der Waals surface area (Å²) in [7, 11) is 0. The van der Waals surface area contributed by atoms with Crippen LogP contribution in [0.15, 0.2) is 48.5 Å². The van der Waals surface area contributed by atoms with Crippen molar-refractivity contribution in [2.45, 2.75) is 63.3 Å². The summed E-state index contributed by atoms with van der Waals surface area (Å²) in [6.45, 7) is 0.115. The fourth-order valence-corrected chi connectivity index (χ4v) is 5.24. The maximum Gasteiger partial charge on any atom is 0.414 e. The first-order valence-electron chi connectivity index (χ1n) is 11.8. The highest BCUT2D eigenvalue weighted by atomic mass is 19.1. The maximum atomic E-state index is 14.4. The van der Waals surface area contributed by atoms with Gasteiger partial charge >= 0.3 is 12.1 Å². The predicted octanol–water partition coefficient (Wildman–Crippen LogP) is 4.66. The van der Waals surface area contributed by atoms with Gasteiger partial charge in [0.1, 0.15) is 12.4 Å². The molecule has 0 bridgehead atoms. The monoisotopic (exact) mass is 466 g/mol. The summed E-state index contributed by atoms with van der Waals surface area (Å²) < 4.78 is 20.0. The zero-order valence-electron chi connectivity index (χ0n) is 18.7. The van der Waals surface area contributed by atoms with Crippen LogP contribution in [0.2, 0.25) is 0 Å². The first kappa shape index (κ1) is 22.4. The third-order valence-corrected chi connectivity index (χ3v) is 7.08. The van der Waals surface area contributed by atoms with Gasteiger partial charge in [-0.25, -0.2) is 9.18 Å². The normalized spacial score (nSPS) is 22.7. The van der Waals surface area contributed by atoms with Gasteiger partial charge in [0.15, 0.2) is 0 Å². The number of carboxylic acid groups (broad SMARTS) is 1. The average molecular weight is 467 g/mol. The highest BCUT2D eigenvalue weighted by Gasteiger charge is 2.53. The van der Waals surface area contributed by atoms with Crippen LogP contribution in [0, 0.1) is 11.7 Å². The Morgan fingerprint density at radius 1 is 1.03 bits per heavy atom. The molecule has 1 heterocycles. The number of carboxylic acids is 1. The maximum absolute atomic E-state index is 14.4. The Bertz CT molecular complexity index is 1100. The van der Waals surface area contributed by atoms with Gasteiger partial charge in [-0.2, -0.15) is 0 Å². The molecule has 0 aromatic heterocycles. The molecular formula is C26H27FN2O5.